The number of piperidine rings is 1. The van der Waals surface area contributed by atoms with Gasteiger partial charge in [-0.15, -0.1) is 11.3 Å². The highest BCUT2D eigenvalue weighted by atomic mass is 32.2. The predicted octanol–water partition coefficient (Wildman–Crippen LogP) is 2.40. The van der Waals surface area contributed by atoms with Crippen molar-refractivity contribution in [3.8, 4) is 10.6 Å². The van der Waals surface area contributed by atoms with Crippen LogP contribution in [0.5, 0.6) is 0 Å². The Balaban J connectivity index is 1.42. The van der Waals surface area contributed by atoms with Crippen LogP contribution in [0.15, 0.2) is 28.1 Å². The summed E-state index contributed by atoms with van der Waals surface area (Å²) in [6.07, 6.45) is 4.48. The molecule has 4 rings (SSSR count). The van der Waals surface area contributed by atoms with E-state index in [0.29, 0.717) is 24.7 Å². The maximum atomic E-state index is 12.1. The number of thiophene rings is 1. The molecule has 2 aromatic rings. The second-order valence-electron chi connectivity index (χ2n) is 6.41. The molecule has 2 aromatic heterocycles. The predicted molar refractivity (Wildman–Crippen MR) is 93.2 cm³/mol. The highest BCUT2D eigenvalue weighted by Crippen LogP contribution is 2.27. The summed E-state index contributed by atoms with van der Waals surface area (Å²) in [5.41, 5.74) is 0. The van der Waals surface area contributed by atoms with Gasteiger partial charge in [0.25, 0.3) is 0 Å². The summed E-state index contributed by atoms with van der Waals surface area (Å²) >= 11 is 1.63. The summed E-state index contributed by atoms with van der Waals surface area (Å²) in [5, 5.41) is 2.02. The van der Waals surface area contributed by atoms with Crippen LogP contribution in [0, 0.1) is 0 Å². The molecule has 4 heterocycles. The van der Waals surface area contributed by atoms with E-state index in [1.54, 1.807) is 21.8 Å². The Morgan fingerprint density at radius 1 is 1.33 bits per heavy atom. The molecule has 2 saturated heterocycles. The molecule has 24 heavy (non-hydrogen) atoms. The summed E-state index contributed by atoms with van der Waals surface area (Å²) in [4.78, 5) is 7.72. The second-order valence-corrected chi connectivity index (χ2v) is 9.40. The first kappa shape index (κ1) is 16.3. The largest absolute Gasteiger partial charge is 0.438 e. The van der Waals surface area contributed by atoms with E-state index in [0.717, 1.165) is 43.0 Å². The average Bonchev–Trinajstić information content (AvgIpc) is 3.27. The molecule has 130 valence electrons. The summed E-state index contributed by atoms with van der Waals surface area (Å²) in [6, 6.07) is 4.11. The Labute approximate surface area is 146 Å². The summed E-state index contributed by atoms with van der Waals surface area (Å²) < 4.78 is 31.8. The first-order chi connectivity index (χ1) is 11.6. The van der Waals surface area contributed by atoms with Crippen molar-refractivity contribution in [1.82, 2.24) is 14.2 Å². The molecule has 2 fully saturated rings. The molecule has 2 aliphatic heterocycles. The van der Waals surface area contributed by atoms with Crippen molar-refractivity contribution < 1.29 is 12.8 Å². The molecular weight excluding hydrogens is 346 g/mol. The lowest BCUT2D eigenvalue weighted by molar-refractivity contribution is 0.137. The third-order valence-corrected chi connectivity index (χ3v) is 7.59. The zero-order chi connectivity index (χ0) is 16.6. The number of sulfonamides is 1. The van der Waals surface area contributed by atoms with Gasteiger partial charge in [-0.25, -0.2) is 13.4 Å². The number of nitrogens with zero attached hydrogens (tertiary/aromatic N) is 3. The molecule has 0 bridgehead atoms. The number of likely N-dealkylation sites (tertiary alicyclic amines) is 1. The Morgan fingerprint density at radius 2 is 2.25 bits per heavy atom. The van der Waals surface area contributed by atoms with Gasteiger partial charge in [0, 0.05) is 19.1 Å². The van der Waals surface area contributed by atoms with Crippen LogP contribution in [0.4, 0.5) is 0 Å². The molecule has 0 N–H and O–H groups in total. The lowest BCUT2D eigenvalue weighted by atomic mass is 10.1. The molecule has 0 aliphatic carbocycles. The van der Waals surface area contributed by atoms with Gasteiger partial charge in [0.15, 0.2) is 5.76 Å². The normalized spacial score (nSPS) is 25.2. The van der Waals surface area contributed by atoms with E-state index in [-0.39, 0.29) is 6.04 Å². The Kier molecular flexibility index (Phi) is 4.46. The van der Waals surface area contributed by atoms with Crippen LogP contribution >= 0.6 is 11.3 Å². The van der Waals surface area contributed by atoms with E-state index < -0.39 is 10.0 Å². The SMILES string of the molecule is O=S1(=O)CCCN1C1CCCN(Cc2ncc(-c3cccs3)o2)C1. The molecule has 2 aliphatic rings. The fraction of sp³-hybridized carbons (Fsp3) is 0.562. The fourth-order valence-electron chi connectivity index (χ4n) is 3.59. The van der Waals surface area contributed by atoms with Crippen molar-refractivity contribution in [2.24, 2.45) is 0 Å². The standard InChI is InChI=1S/C16H21N3O3S2/c20-24(21)9-3-7-19(24)13-4-1-6-18(11-13)12-16-17-10-14(22-16)15-5-2-8-23-15/h2,5,8,10,13H,1,3-4,6-7,9,11-12H2. The first-order valence-corrected chi connectivity index (χ1v) is 10.8. The molecule has 6 nitrogen and oxygen atoms in total. The maximum absolute atomic E-state index is 12.1. The van der Waals surface area contributed by atoms with Crippen molar-refractivity contribution in [2.75, 3.05) is 25.4 Å². The highest BCUT2D eigenvalue weighted by Gasteiger charge is 2.36. The van der Waals surface area contributed by atoms with Crippen LogP contribution in [0.1, 0.15) is 25.2 Å². The minimum absolute atomic E-state index is 0.0954. The summed E-state index contributed by atoms with van der Waals surface area (Å²) in [5.74, 6) is 1.80. The van der Waals surface area contributed by atoms with Gasteiger partial charge in [0.2, 0.25) is 15.9 Å². The Morgan fingerprint density at radius 3 is 3.00 bits per heavy atom. The second kappa shape index (κ2) is 6.59. The molecule has 0 saturated carbocycles. The molecule has 0 aromatic carbocycles. The van der Waals surface area contributed by atoms with Gasteiger partial charge in [0.05, 0.1) is 23.4 Å². The van der Waals surface area contributed by atoms with Crippen LogP contribution in [0.2, 0.25) is 0 Å². The van der Waals surface area contributed by atoms with E-state index in [2.05, 4.69) is 9.88 Å². The smallest absolute Gasteiger partial charge is 0.214 e. The number of hydrogen-bond donors (Lipinski definition) is 0. The van der Waals surface area contributed by atoms with Gasteiger partial charge in [-0.05, 0) is 37.3 Å². The van der Waals surface area contributed by atoms with Crippen molar-refractivity contribution in [2.45, 2.75) is 31.8 Å². The maximum Gasteiger partial charge on any atom is 0.214 e. The van der Waals surface area contributed by atoms with Crippen LogP contribution in [0.3, 0.4) is 0 Å². The number of aromatic nitrogens is 1. The lowest BCUT2D eigenvalue weighted by Gasteiger charge is -2.36. The number of hydrogen-bond acceptors (Lipinski definition) is 6. The third-order valence-electron chi connectivity index (χ3n) is 4.70. The van der Waals surface area contributed by atoms with E-state index in [4.69, 9.17) is 4.42 Å². The zero-order valence-corrected chi connectivity index (χ0v) is 15.1. The van der Waals surface area contributed by atoms with Gasteiger partial charge in [-0.2, -0.15) is 4.31 Å². The summed E-state index contributed by atoms with van der Waals surface area (Å²) in [7, 11) is -3.04. The molecule has 0 amide bonds. The van der Waals surface area contributed by atoms with E-state index in [9.17, 15) is 8.42 Å². The number of oxazole rings is 1. The zero-order valence-electron chi connectivity index (χ0n) is 13.4. The van der Waals surface area contributed by atoms with Gasteiger partial charge >= 0.3 is 0 Å². The highest BCUT2D eigenvalue weighted by molar-refractivity contribution is 7.89. The van der Waals surface area contributed by atoms with Crippen molar-refractivity contribution in [3.05, 3.63) is 29.6 Å². The Bertz CT molecular complexity index is 785. The molecular formula is C16H21N3O3S2. The molecule has 0 radical (unpaired) electrons. The van der Waals surface area contributed by atoms with Crippen molar-refractivity contribution in [3.63, 3.8) is 0 Å². The van der Waals surface area contributed by atoms with Crippen LogP contribution in [-0.2, 0) is 16.6 Å². The first-order valence-electron chi connectivity index (χ1n) is 8.32. The van der Waals surface area contributed by atoms with E-state index >= 15 is 0 Å². The third kappa shape index (κ3) is 3.28. The van der Waals surface area contributed by atoms with Gasteiger partial charge in [-0.3, -0.25) is 4.90 Å². The van der Waals surface area contributed by atoms with Gasteiger partial charge in [0.1, 0.15) is 0 Å². The van der Waals surface area contributed by atoms with Gasteiger partial charge < -0.3 is 4.42 Å². The van der Waals surface area contributed by atoms with Crippen LogP contribution < -0.4 is 0 Å². The molecule has 8 heteroatoms. The Hall–Kier alpha value is -1.22. The number of rotatable bonds is 4. The lowest BCUT2D eigenvalue weighted by Crippen LogP contribution is -2.48. The topological polar surface area (TPSA) is 66.7 Å². The van der Waals surface area contributed by atoms with Crippen molar-refractivity contribution in [1.29, 1.82) is 0 Å². The monoisotopic (exact) mass is 367 g/mol. The average molecular weight is 367 g/mol. The molecule has 1 unspecified atom stereocenters. The van der Waals surface area contributed by atoms with Crippen molar-refractivity contribution >= 4 is 21.4 Å². The van der Waals surface area contributed by atoms with E-state index in [1.807, 2.05) is 17.5 Å². The molecule has 0 spiro atoms. The minimum atomic E-state index is -3.04. The van der Waals surface area contributed by atoms with E-state index in [1.165, 1.54) is 0 Å². The fourth-order valence-corrected chi connectivity index (χ4v) is 6.02. The quantitative estimate of drug-likeness (QED) is 0.830. The minimum Gasteiger partial charge on any atom is -0.438 e. The molecule has 1 atom stereocenters. The van der Waals surface area contributed by atoms with Crippen LogP contribution in [-0.4, -0.2) is 54.0 Å². The summed E-state index contributed by atoms with van der Waals surface area (Å²) in [6.45, 7) is 3.02. The van der Waals surface area contributed by atoms with Crippen LogP contribution in [0.25, 0.3) is 10.6 Å². The van der Waals surface area contributed by atoms with Gasteiger partial charge in [-0.1, -0.05) is 6.07 Å².